The van der Waals surface area contributed by atoms with Crippen LogP contribution < -0.4 is 0 Å². The molecule has 0 spiro atoms. The van der Waals surface area contributed by atoms with Crippen LogP contribution in [0, 0.1) is 0 Å². The monoisotopic (exact) mass is 226 g/mol. The molecule has 1 aliphatic rings. The van der Waals surface area contributed by atoms with E-state index in [-0.39, 0.29) is 11.7 Å². The minimum Gasteiger partial charge on any atom is -0.478 e. The molecule has 1 aliphatic heterocycles. The number of carbonyl (C=O) groups is 1. The van der Waals surface area contributed by atoms with Crippen LogP contribution in [0.4, 0.5) is 0 Å². The molecule has 6 heteroatoms. The van der Waals surface area contributed by atoms with Crippen LogP contribution in [0.1, 0.15) is 24.2 Å². The molecule has 2 heterocycles. The van der Waals surface area contributed by atoms with Crippen molar-refractivity contribution < 1.29 is 19.4 Å². The van der Waals surface area contributed by atoms with Gasteiger partial charge in [0.2, 0.25) is 0 Å². The molecule has 0 aliphatic carbocycles. The zero-order valence-corrected chi connectivity index (χ0v) is 9.21. The third-order valence-electron chi connectivity index (χ3n) is 2.34. The zero-order chi connectivity index (χ0) is 11.8. The zero-order valence-electron chi connectivity index (χ0n) is 9.21. The molecule has 0 radical (unpaired) electrons. The summed E-state index contributed by atoms with van der Waals surface area (Å²) in [5, 5.41) is 12.7. The van der Waals surface area contributed by atoms with E-state index in [0.29, 0.717) is 13.2 Å². The van der Waals surface area contributed by atoms with E-state index in [9.17, 15) is 4.79 Å². The van der Waals surface area contributed by atoms with Gasteiger partial charge in [0.25, 0.3) is 0 Å². The van der Waals surface area contributed by atoms with Crippen molar-refractivity contribution in [1.29, 1.82) is 0 Å². The smallest absolute Gasteiger partial charge is 0.338 e. The lowest BCUT2D eigenvalue weighted by Crippen LogP contribution is -2.24. The molecule has 1 atom stereocenters. The Bertz CT molecular complexity index is 399. The molecule has 88 valence electrons. The number of rotatable bonds is 3. The van der Waals surface area contributed by atoms with Crippen molar-refractivity contribution in [3.63, 3.8) is 0 Å². The number of nitrogens with zero attached hydrogens (tertiary/aromatic N) is 2. The molecule has 1 aromatic heterocycles. The van der Waals surface area contributed by atoms with Crippen molar-refractivity contribution in [2.45, 2.75) is 32.3 Å². The summed E-state index contributed by atoms with van der Waals surface area (Å²) in [6, 6.07) is 0. The summed E-state index contributed by atoms with van der Waals surface area (Å²) in [4.78, 5) is 10.6. The summed E-state index contributed by atoms with van der Waals surface area (Å²) in [5.41, 5.74) is 0.179. The van der Waals surface area contributed by atoms with Crippen molar-refractivity contribution in [3.8, 4) is 0 Å². The van der Waals surface area contributed by atoms with E-state index in [1.54, 1.807) is 4.68 Å². The van der Waals surface area contributed by atoms with Crippen LogP contribution in [0.2, 0.25) is 0 Å². The van der Waals surface area contributed by atoms with Gasteiger partial charge in [-0.05, 0) is 13.8 Å². The van der Waals surface area contributed by atoms with Gasteiger partial charge >= 0.3 is 5.97 Å². The second kappa shape index (κ2) is 3.88. The highest BCUT2D eigenvalue weighted by Gasteiger charge is 2.32. The molecule has 6 nitrogen and oxygen atoms in total. The Hall–Kier alpha value is -1.40. The Morgan fingerprint density at radius 1 is 1.75 bits per heavy atom. The minimum absolute atomic E-state index is 0.0865. The average molecular weight is 226 g/mol. The highest BCUT2D eigenvalue weighted by atomic mass is 16.7. The van der Waals surface area contributed by atoms with Crippen LogP contribution >= 0.6 is 0 Å². The molecule has 0 aromatic carbocycles. The average Bonchev–Trinajstić information content (AvgIpc) is 2.73. The number of ether oxygens (including phenoxy) is 2. The molecule has 16 heavy (non-hydrogen) atoms. The summed E-state index contributed by atoms with van der Waals surface area (Å²) in [7, 11) is 0. The SMILES string of the molecule is CC1(C)OCC(Cn2cc(C(=O)O)cn2)O1. The third-order valence-corrected chi connectivity index (χ3v) is 2.34. The van der Waals surface area contributed by atoms with Gasteiger partial charge in [-0.15, -0.1) is 0 Å². The van der Waals surface area contributed by atoms with Gasteiger partial charge in [-0.2, -0.15) is 5.10 Å². The molecule has 2 rings (SSSR count). The first-order valence-electron chi connectivity index (χ1n) is 5.04. The number of hydrogen-bond acceptors (Lipinski definition) is 4. The summed E-state index contributed by atoms with van der Waals surface area (Å²) >= 11 is 0. The van der Waals surface area contributed by atoms with Gasteiger partial charge in [0.1, 0.15) is 6.10 Å². The summed E-state index contributed by atoms with van der Waals surface area (Å²) in [6.45, 7) is 4.68. The predicted molar refractivity (Wildman–Crippen MR) is 54.1 cm³/mol. The number of aromatic carboxylic acids is 1. The van der Waals surface area contributed by atoms with Crippen LogP contribution in [0.25, 0.3) is 0 Å². The van der Waals surface area contributed by atoms with E-state index in [4.69, 9.17) is 14.6 Å². The molecule has 0 bridgehead atoms. The first-order chi connectivity index (χ1) is 7.46. The molecular formula is C10H14N2O4. The van der Waals surface area contributed by atoms with Crippen LogP contribution in [-0.4, -0.2) is 39.4 Å². The van der Waals surface area contributed by atoms with E-state index >= 15 is 0 Å². The number of hydrogen-bond donors (Lipinski definition) is 1. The minimum atomic E-state index is -0.977. The van der Waals surface area contributed by atoms with Gasteiger partial charge in [-0.3, -0.25) is 4.68 Å². The first kappa shape index (κ1) is 11.1. The highest BCUT2D eigenvalue weighted by Crippen LogP contribution is 2.22. The molecule has 1 fully saturated rings. The van der Waals surface area contributed by atoms with Gasteiger partial charge in [-0.25, -0.2) is 4.79 Å². The van der Waals surface area contributed by atoms with E-state index in [2.05, 4.69) is 5.10 Å². The van der Waals surface area contributed by atoms with Crippen LogP contribution in [-0.2, 0) is 16.0 Å². The molecule has 1 aromatic rings. The summed E-state index contributed by atoms with van der Waals surface area (Å²) in [6.07, 6.45) is 2.72. The molecule has 1 N–H and O–H groups in total. The quantitative estimate of drug-likeness (QED) is 0.822. The second-order valence-corrected chi connectivity index (χ2v) is 4.21. The Balaban J connectivity index is 1.97. The standard InChI is InChI=1S/C10H14N2O4/c1-10(2)15-6-8(16-10)5-12-4-7(3-11-12)9(13)14/h3-4,8H,5-6H2,1-2H3,(H,13,14). The van der Waals surface area contributed by atoms with Crippen molar-refractivity contribution in [1.82, 2.24) is 9.78 Å². The van der Waals surface area contributed by atoms with Gasteiger partial charge < -0.3 is 14.6 Å². The lowest BCUT2D eigenvalue weighted by molar-refractivity contribution is -0.139. The molecular weight excluding hydrogens is 212 g/mol. The number of carboxylic acid groups (broad SMARTS) is 1. The molecule has 0 amide bonds. The fourth-order valence-corrected chi connectivity index (χ4v) is 1.64. The van der Waals surface area contributed by atoms with E-state index in [1.165, 1.54) is 12.4 Å². The first-order valence-corrected chi connectivity index (χ1v) is 5.04. The van der Waals surface area contributed by atoms with Gasteiger partial charge in [0, 0.05) is 6.20 Å². The van der Waals surface area contributed by atoms with Gasteiger partial charge in [0.05, 0.1) is 24.9 Å². The van der Waals surface area contributed by atoms with Crippen LogP contribution in [0.5, 0.6) is 0 Å². The van der Waals surface area contributed by atoms with Crippen molar-refractivity contribution in [2.24, 2.45) is 0 Å². The highest BCUT2D eigenvalue weighted by molar-refractivity contribution is 5.86. The molecule has 0 saturated carbocycles. The van der Waals surface area contributed by atoms with E-state index in [1.807, 2.05) is 13.8 Å². The summed E-state index contributed by atoms with van der Waals surface area (Å²) < 4.78 is 12.5. The topological polar surface area (TPSA) is 73.6 Å². The van der Waals surface area contributed by atoms with Crippen molar-refractivity contribution in [2.75, 3.05) is 6.61 Å². The fourth-order valence-electron chi connectivity index (χ4n) is 1.64. The van der Waals surface area contributed by atoms with Crippen molar-refractivity contribution >= 4 is 5.97 Å². The number of carboxylic acids is 1. The van der Waals surface area contributed by atoms with Gasteiger partial charge in [0.15, 0.2) is 5.79 Å². The van der Waals surface area contributed by atoms with Crippen LogP contribution in [0.3, 0.4) is 0 Å². The Labute approximate surface area is 92.8 Å². The van der Waals surface area contributed by atoms with Crippen LogP contribution in [0.15, 0.2) is 12.4 Å². The third kappa shape index (κ3) is 2.40. The maximum absolute atomic E-state index is 10.6. The summed E-state index contributed by atoms with van der Waals surface area (Å²) in [5.74, 6) is -1.54. The fraction of sp³-hybridized carbons (Fsp3) is 0.600. The lowest BCUT2D eigenvalue weighted by atomic mass is 10.3. The molecule has 1 saturated heterocycles. The second-order valence-electron chi connectivity index (χ2n) is 4.21. The van der Waals surface area contributed by atoms with Crippen molar-refractivity contribution in [3.05, 3.63) is 18.0 Å². The Kier molecular flexibility index (Phi) is 2.69. The maximum Gasteiger partial charge on any atom is 0.338 e. The number of aromatic nitrogens is 2. The Morgan fingerprint density at radius 2 is 2.50 bits per heavy atom. The maximum atomic E-state index is 10.6. The molecule has 1 unspecified atom stereocenters. The van der Waals surface area contributed by atoms with E-state index < -0.39 is 11.8 Å². The predicted octanol–water partition coefficient (Wildman–Crippen LogP) is 0.733. The normalized spacial score (nSPS) is 23.5. The van der Waals surface area contributed by atoms with E-state index in [0.717, 1.165) is 0 Å². The Morgan fingerprint density at radius 3 is 3.00 bits per heavy atom. The lowest BCUT2D eigenvalue weighted by Gasteiger charge is -2.16. The largest absolute Gasteiger partial charge is 0.478 e. The van der Waals surface area contributed by atoms with Gasteiger partial charge in [-0.1, -0.05) is 0 Å².